The van der Waals surface area contributed by atoms with Crippen molar-refractivity contribution in [2.75, 3.05) is 26.2 Å². The predicted octanol–water partition coefficient (Wildman–Crippen LogP) is 1.86. The van der Waals surface area contributed by atoms with Crippen molar-refractivity contribution >= 4 is 0 Å². The van der Waals surface area contributed by atoms with Crippen molar-refractivity contribution < 1.29 is 5.11 Å². The van der Waals surface area contributed by atoms with E-state index < -0.39 is 0 Å². The smallest absolute Gasteiger partial charge is 0.0558 e. The standard InChI is InChI=1S/C15H30N2O/c1-12-9-15(2,3)10-14(12)17(7-8-18)11-13-5-4-6-16-13/h12-14,16,18H,4-11H2,1-3H3. The Balaban J connectivity index is 1.95. The Labute approximate surface area is 112 Å². The lowest BCUT2D eigenvalue weighted by Gasteiger charge is -2.33. The van der Waals surface area contributed by atoms with Gasteiger partial charge in [0.1, 0.15) is 0 Å². The van der Waals surface area contributed by atoms with Gasteiger partial charge in [-0.25, -0.2) is 0 Å². The van der Waals surface area contributed by atoms with Crippen molar-refractivity contribution in [1.29, 1.82) is 0 Å². The third kappa shape index (κ3) is 3.46. The highest BCUT2D eigenvalue weighted by Gasteiger charge is 2.40. The van der Waals surface area contributed by atoms with E-state index in [9.17, 15) is 5.11 Å². The summed E-state index contributed by atoms with van der Waals surface area (Å²) in [6.07, 6.45) is 5.20. The van der Waals surface area contributed by atoms with Crippen LogP contribution in [0.1, 0.15) is 46.5 Å². The van der Waals surface area contributed by atoms with E-state index >= 15 is 0 Å². The summed E-state index contributed by atoms with van der Waals surface area (Å²) in [4.78, 5) is 2.54. The molecule has 0 aromatic heterocycles. The van der Waals surface area contributed by atoms with Gasteiger partial charge < -0.3 is 10.4 Å². The van der Waals surface area contributed by atoms with E-state index in [0.29, 0.717) is 17.5 Å². The van der Waals surface area contributed by atoms with Gasteiger partial charge in [0.15, 0.2) is 0 Å². The van der Waals surface area contributed by atoms with Crippen molar-refractivity contribution in [2.45, 2.75) is 58.5 Å². The zero-order valence-electron chi connectivity index (χ0n) is 12.3. The van der Waals surface area contributed by atoms with Crippen molar-refractivity contribution in [3.05, 3.63) is 0 Å². The second-order valence-corrected chi connectivity index (χ2v) is 7.13. The van der Waals surface area contributed by atoms with E-state index in [0.717, 1.165) is 19.0 Å². The molecular formula is C15H30N2O. The number of aliphatic hydroxyl groups is 1. The van der Waals surface area contributed by atoms with Gasteiger partial charge in [-0.1, -0.05) is 20.8 Å². The molecule has 1 aliphatic heterocycles. The van der Waals surface area contributed by atoms with E-state index in [1.807, 2.05) is 0 Å². The molecule has 2 rings (SSSR count). The molecule has 106 valence electrons. The maximum atomic E-state index is 9.33. The third-order valence-electron chi connectivity index (χ3n) is 4.77. The Bertz CT molecular complexity index is 261. The Morgan fingerprint density at radius 3 is 2.61 bits per heavy atom. The van der Waals surface area contributed by atoms with E-state index in [1.165, 1.54) is 32.2 Å². The molecule has 3 nitrogen and oxygen atoms in total. The topological polar surface area (TPSA) is 35.5 Å². The zero-order valence-corrected chi connectivity index (χ0v) is 12.3. The van der Waals surface area contributed by atoms with Gasteiger partial charge in [-0.15, -0.1) is 0 Å². The zero-order chi connectivity index (χ0) is 13.2. The molecule has 0 aromatic carbocycles. The summed E-state index contributed by atoms with van der Waals surface area (Å²) in [6.45, 7) is 10.6. The SMILES string of the molecule is CC1CC(C)(C)CC1N(CCO)CC1CCCN1. The number of nitrogens with zero attached hydrogens (tertiary/aromatic N) is 1. The molecule has 3 atom stereocenters. The molecule has 3 heteroatoms. The molecule has 0 aromatic rings. The summed E-state index contributed by atoms with van der Waals surface area (Å²) >= 11 is 0. The summed E-state index contributed by atoms with van der Waals surface area (Å²) in [5.74, 6) is 0.757. The lowest BCUT2D eigenvalue weighted by molar-refractivity contribution is 0.117. The van der Waals surface area contributed by atoms with Crippen molar-refractivity contribution in [1.82, 2.24) is 10.2 Å². The molecule has 0 radical (unpaired) electrons. The van der Waals surface area contributed by atoms with Crippen molar-refractivity contribution in [3.63, 3.8) is 0 Å². The minimum Gasteiger partial charge on any atom is -0.395 e. The van der Waals surface area contributed by atoms with Crippen LogP contribution in [0.3, 0.4) is 0 Å². The summed E-state index contributed by atoms with van der Waals surface area (Å²) in [5, 5.41) is 12.9. The Kier molecular flexibility index (Phi) is 4.68. The van der Waals surface area contributed by atoms with Crippen LogP contribution in [-0.4, -0.2) is 48.3 Å². The molecule has 0 amide bonds. The van der Waals surface area contributed by atoms with Crippen LogP contribution in [0.5, 0.6) is 0 Å². The van der Waals surface area contributed by atoms with Gasteiger partial charge in [0, 0.05) is 25.2 Å². The average molecular weight is 254 g/mol. The molecular weight excluding hydrogens is 224 g/mol. The summed E-state index contributed by atoms with van der Waals surface area (Å²) < 4.78 is 0. The molecule has 1 aliphatic carbocycles. The summed E-state index contributed by atoms with van der Waals surface area (Å²) in [5.41, 5.74) is 0.473. The quantitative estimate of drug-likeness (QED) is 0.786. The highest BCUT2D eigenvalue weighted by molar-refractivity contribution is 4.94. The van der Waals surface area contributed by atoms with E-state index in [4.69, 9.17) is 0 Å². The van der Waals surface area contributed by atoms with Crippen LogP contribution in [-0.2, 0) is 0 Å². The second kappa shape index (κ2) is 5.89. The van der Waals surface area contributed by atoms with Gasteiger partial charge in [0.05, 0.1) is 6.61 Å². The Hall–Kier alpha value is -0.120. The Morgan fingerprint density at radius 1 is 1.33 bits per heavy atom. The molecule has 0 spiro atoms. The van der Waals surface area contributed by atoms with Crippen LogP contribution >= 0.6 is 0 Å². The van der Waals surface area contributed by atoms with Crippen molar-refractivity contribution in [2.24, 2.45) is 11.3 Å². The Morgan fingerprint density at radius 2 is 2.11 bits per heavy atom. The van der Waals surface area contributed by atoms with E-state index in [2.05, 4.69) is 31.0 Å². The maximum Gasteiger partial charge on any atom is 0.0558 e. The number of aliphatic hydroxyl groups excluding tert-OH is 1. The number of hydrogen-bond acceptors (Lipinski definition) is 3. The largest absolute Gasteiger partial charge is 0.395 e. The lowest BCUT2D eigenvalue weighted by Crippen LogP contribution is -2.46. The molecule has 18 heavy (non-hydrogen) atoms. The van der Waals surface area contributed by atoms with Crippen LogP contribution in [0.4, 0.5) is 0 Å². The molecule has 3 unspecified atom stereocenters. The molecule has 2 fully saturated rings. The first kappa shape index (κ1) is 14.3. The molecule has 1 saturated carbocycles. The van der Waals surface area contributed by atoms with Gasteiger partial charge >= 0.3 is 0 Å². The van der Waals surface area contributed by atoms with Gasteiger partial charge in [-0.05, 0) is 43.6 Å². The summed E-state index contributed by atoms with van der Waals surface area (Å²) in [7, 11) is 0. The van der Waals surface area contributed by atoms with E-state index in [1.54, 1.807) is 0 Å². The lowest BCUT2D eigenvalue weighted by atomic mass is 9.91. The van der Waals surface area contributed by atoms with Gasteiger partial charge in [-0.3, -0.25) is 4.90 Å². The van der Waals surface area contributed by atoms with Gasteiger partial charge in [-0.2, -0.15) is 0 Å². The highest BCUT2D eigenvalue weighted by atomic mass is 16.3. The van der Waals surface area contributed by atoms with Gasteiger partial charge in [0.25, 0.3) is 0 Å². The first-order valence-electron chi connectivity index (χ1n) is 7.60. The minimum absolute atomic E-state index is 0.288. The van der Waals surface area contributed by atoms with Crippen LogP contribution in [0.15, 0.2) is 0 Å². The van der Waals surface area contributed by atoms with Crippen LogP contribution in [0, 0.1) is 11.3 Å². The predicted molar refractivity (Wildman–Crippen MR) is 75.7 cm³/mol. The molecule has 2 aliphatic rings. The average Bonchev–Trinajstić information content (AvgIpc) is 2.85. The molecule has 0 bridgehead atoms. The molecule has 1 heterocycles. The van der Waals surface area contributed by atoms with Crippen LogP contribution in [0.25, 0.3) is 0 Å². The molecule has 1 saturated heterocycles. The molecule has 2 N–H and O–H groups in total. The number of rotatable bonds is 5. The fourth-order valence-electron chi connectivity index (χ4n) is 4.06. The van der Waals surface area contributed by atoms with E-state index in [-0.39, 0.29) is 6.61 Å². The summed E-state index contributed by atoms with van der Waals surface area (Å²) in [6, 6.07) is 1.31. The van der Waals surface area contributed by atoms with Crippen molar-refractivity contribution in [3.8, 4) is 0 Å². The maximum absolute atomic E-state index is 9.33. The normalized spacial score (nSPS) is 35.5. The minimum atomic E-state index is 0.288. The van der Waals surface area contributed by atoms with Crippen LogP contribution in [0.2, 0.25) is 0 Å². The first-order chi connectivity index (χ1) is 8.52. The second-order valence-electron chi connectivity index (χ2n) is 7.13. The number of nitrogens with one attached hydrogen (secondary N) is 1. The van der Waals surface area contributed by atoms with Crippen LogP contribution < -0.4 is 5.32 Å². The first-order valence-corrected chi connectivity index (χ1v) is 7.60. The fourth-order valence-corrected chi connectivity index (χ4v) is 4.06. The third-order valence-corrected chi connectivity index (χ3v) is 4.77. The monoisotopic (exact) mass is 254 g/mol. The fraction of sp³-hybridized carbons (Fsp3) is 1.00. The number of hydrogen-bond donors (Lipinski definition) is 2. The van der Waals surface area contributed by atoms with Gasteiger partial charge in [0.2, 0.25) is 0 Å². The highest BCUT2D eigenvalue weighted by Crippen LogP contribution is 2.43.